The van der Waals surface area contributed by atoms with E-state index in [1.54, 1.807) is 18.2 Å². The summed E-state index contributed by atoms with van der Waals surface area (Å²) in [6.45, 7) is -0.0623. The van der Waals surface area contributed by atoms with Crippen molar-refractivity contribution in [1.29, 1.82) is 0 Å². The minimum Gasteiger partial charge on any atom is -0.335 e. The van der Waals surface area contributed by atoms with E-state index in [1.807, 2.05) is 11.0 Å². The molecule has 1 aromatic carbocycles. The molecule has 1 aromatic heterocycles. The Hall–Kier alpha value is -2.22. The minimum absolute atomic E-state index is 0.0508. The van der Waals surface area contributed by atoms with E-state index in [-0.39, 0.29) is 35.3 Å². The average molecular weight is 375 g/mol. The van der Waals surface area contributed by atoms with Crippen LogP contribution in [0, 0.1) is 0 Å². The van der Waals surface area contributed by atoms with Crippen molar-refractivity contribution in [2.45, 2.75) is 49.6 Å². The summed E-state index contributed by atoms with van der Waals surface area (Å²) in [4.78, 5) is 31.5. The van der Waals surface area contributed by atoms with Gasteiger partial charge in [-0.1, -0.05) is 12.1 Å². The van der Waals surface area contributed by atoms with Gasteiger partial charge in [0.25, 0.3) is 5.56 Å². The number of carbonyl (C=O) groups excluding carboxylic acids is 1. The van der Waals surface area contributed by atoms with Crippen LogP contribution in [0.3, 0.4) is 0 Å². The summed E-state index contributed by atoms with van der Waals surface area (Å²) in [5, 5.41) is 0.121. The lowest BCUT2D eigenvalue weighted by atomic mass is 10.0. The molecule has 0 saturated carbocycles. The van der Waals surface area contributed by atoms with Crippen molar-refractivity contribution in [3.63, 3.8) is 0 Å². The molecule has 2 aliphatic rings. The molecule has 2 fully saturated rings. The molecule has 7 nitrogen and oxygen atoms in total. The molecule has 0 aliphatic carbocycles. The average Bonchev–Trinajstić information content (AvgIpc) is 2.86. The molecule has 8 heteroatoms. The van der Waals surface area contributed by atoms with Gasteiger partial charge in [-0.15, -0.1) is 0 Å². The summed E-state index contributed by atoms with van der Waals surface area (Å²) in [5.74, 6) is -0.136. The molecule has 2 bridgehead atoms. The number of rotatable bonds is 3. The third-order valence-corrected chi connectivity index (χ3v) is 7.22. The van der Waals surface area contributed by atoms with Gasteiger partial charge in [0.2, 0.25) is 5.91 Å². The normalized spacial score (nSPS) is 25.6. The number of sulfone groups is 1. The van der Waals surface area contributed by atoms with E-state index in [2.05, 4.69) is 4.98 Å². The van der Waals surface area contributed by atoms with Crippen molar-refractivity contribution < 1.29 is 13.2 Å². The smallest absolute Gasteiger partial charge is 0.261 e. The first-order valence-corrected chi connectivity index (χ1v) is 10.7. The van der Waals surface area contributed by atoms with Crippen molar-refractivity contribution in [2.75, 3.05) is 6.26 Å². The number of hydrogen-bond donors (Lipinski definition) is 0. The fraction of sp³-hybridized carbons (Fsp3) is 0.500. The maximum Gasteiger partial charge on any atom is 0.261 e. The molecule has 2 unspecified atom stereocenters. The van der Waals surface area contributed by atoms with Crippen molar-refractivity contribution in [3.05, 3.63) is 40.9 Å². The predicted octanol–water partition coefficient (Wildman–Crippen LogP) is 0.963. The molecule has 4 rings (SSSR count). The molecule has 26 heavy (non-hydrogen) atoms. The van der Waals surface area contributed by atoms with Gasteiger partial charge in [-0.2, -0.15) is 0 Å². The second kappa shape index (κ2) is 6.19. The second-order valence-corrected chi connectivity index (χ2v) is 9.63. The molecule has 2 atom stereocenters. The van der Waals surface area contributed by atoms with E-state index >= 15 is 0 Å². The van der Waals surface area contributed by atoms with Crippen LogP contribution in [-0.4, -0.2) is 52.4 Å². The van der Waals surface area contributed by atoms with Crippen LogP contribution in [0.25, 0.3) is 10.9 Å². The van der Waals surface area contributed by atoms with Crippen LogP contribution in [0.1, 0.15) is 25.7 Å². The molecule has 3 heterocycles. The zero-order chi connectivity index (χ0) is 18.5. The lowest BCUT2D eigenvalue weighted by Gasteiger charge is -2.38. The number of amides is 1. The highest BCUT2D eigenvalue weighted by molar-refractivity contribution is 7.91. The first-order chi connectivity index (χ1) is 12.3. The molecule has 2 aromatic rings. The van der Waals surface area contributed by atoms with E-state index in [9.17, 15) is 18.0 Å². The number of carbonyl (C=O) groups is 1. The zero-order valence-corrected chi connectivity index (χ0v) is 15.4. The molecule has 0 spiro atoms. The van der Waals surface area contributed by atoms with Gasteiger partial charge < -0.3 is 4.90 Å². The topological polar surface area (TPSA) is 89.3 Å². The highest BCUT2D eigenvalue weighted by Crippen LogP contribution is 2.38. The molecule has 0 radical (unpaired) electrons. The van der Waals surface area contributed by atoms with Gasteiger partial charge in [-0.3, -0.25) is 14.2 Å². The first kappa shape index (κ1) is 17.2. The number of nitrogens with zero attached hydrogens (tertiary/aromatic N) is 3. The summed E-state index contributed by atoms with van der Waals surface area (Å²) >= 11 is 0. The fourth-order valence-corrected chi connectivity index (χ4v) is 5.47. The van der Waals surface area contributed by atoms with Crippen LogP contribution in [0.5, 0.6) is 0 Å². The Morgan fingerprint density at radius 3 is 2.50 bits per heavy atom. The van der Waals surface area contributed by atoms with Crippen molar-refractivity contribution in [3.8, 4) is 0 Å². The second-order valence-electron chi connectivity index (χ2n) is 7.30. The van der Waals surface area contributed by atoms with Gasteiger partial charge in [0.05, 0.1) is 22.5 Å². The first-order valence-electron chi connectivity index (χ1n) is 8.79. The van der Waals surface area contributed by atoms with Crippen molar-refractivity contribution in [1.82, 2.24) is 14.5 Å². The number of para-hydroxylation sites is 1. The number of benzene rings is 1. The monoisotopic (exact) mass is 375 g/mol. The Morgan fingerprint density at radius 2 is 1.85 bits per heavy atom. The largest absolute Gasteiger partial charge is 0.335 e. The van der Waals surface area contributed by atoms with Crippen molar-refractivity contribution in [2.24, 2.45) is 0 Å². The Balaban J connectivity index is 1.57. The molecule has 2 aliphatic heterocycles. The van der Waals surface area contributed by atoms with E-state index < -0.39 is 9.84 Å². The van der Waals surface area contributed by atoms with Crippen LogP contribution in [-0.2, 0) is 21.2 Å². The maximum atomic E-state index is 12.9. The third kappa shape index (κ3) is 2.92. The molecule has 1 amide bonds. The third-order valence-electron chi connectivity index (χ3n) is 5.62. The van der Waals surface area contributed by atoms with Gasteiger partial charge >= 0.3 is 0 Å². The number of aromatic nitrogens is 2. The Labute approximate surface area is 151 Å². The number of piperidine rings is 1. The van der Waals surface area contributed by atoms with E-state index in [0.717, 1.165) is 12.8 Å². The molecular weight excluding hydrogens is 354 g/mol. The van der Waals surface area contributed by atoms with E-state index in [0.29, 0.717) is 23.7 Å². The molecule has 0 N–H and O–H groups in total. The lowest BCUT2D eigenvalue weighted by molar-refractivity contribution is -0.136. The SMILES string of the molecule is CS(=O)(=O)C1CC2CCC(C1)N2C(=O)Cn1cnc2ccccc2c1=O. The van der Waals surface area contributed by atoms with Crippen LogP contribution in [0.15, 0.2) is 35.4 Å². The summed E-state index contributed by atoms with van der Waals surface area (Å²) in [5.41, 5.74) is 0.373. The predicted molar refractivity (Wildman–Crippen MR) is 97.5 cm³/mol. The molecule has 2 saturated heterocycles. The summed E-state index contributed by atoms with van der Waals surface area (Å²) < 4.78 is 25.1. The minimum atomic E-state index is -3.09. The van der Waals surface area contributed by atoms with Crippen LogP contribution >= 0.6 is 0 Å². The maximum absolute atomic E-state index is 12.9. The van der Waals surface area contributed by atoms with Crippen LogP contribution in [0.4, 0.5) is 0 Å². The Morgan fingerprint density at radius 1 is 1.19 bits per heavy atom. The van der Waals surface area contributed by atoms with Gasteiger partial charge in [-0.05, 0) is 37.8 Å². The van der Waals surface area contributed by atoms with Gasteiger partial charge in [0.15, 0.2) is 0 Å². The molecular formula is C18H21N3O4S. The Kier molecular flexibility index (Phi) is 4.10. The Bertz CT molecular complexity index is 1020. The highest BCUT2D eigenvalue weighted by atomic mass is 32.2. The zero-order valence-electron chi connectivity index (χ0n) is 14.5. The van der Waals surface area contributed by atoms with E-state index in [1.165, 1.54) is 17.2 Å². The van der Waals surface area contributed by atoms with Crippen LogP contribution in [0.2, 0.25) is 0 Å². The highest BCUT2D eigenvalue weighted by Gasteiger charge is 2.45. The number of fused-ring (bicyclic) bond motifs is 3. The van der Waals surface area contributed by atoms with Gasteiger partial charge in [-0.25, -0.2) is 13.4 Å². The van der Waals surface area contributed by atoms with Crippen LogP contribution < -0.4 is 5.56 Å². The lowest BCUT2D eigenvalue weighted by Crippen LogP contribution is -2.51. The van der Waals surface area contributed by atoms with E-state index in [4.69, 9.17) is 0 Å². The summed E-state index contributed by atoms with van der Waals surface area (Å²) in [7, 11) is -3.09. The van der Waals surface area contributed by atoms with Gasteiger partial charge in [0, 0.05) is 18.3 Å². The van der Waals surface area contributed by atoms with Crippen molar-refractivity contribution >= 4 is 26.6 Å². The quantitative estimate of drug-likeness (QED) is 0.797. The summed E-state index contributed by atoms with van der Waals surface area (Å²) in [6.07, 6.45) is 5.32. The summed E-state index contributed by atoms with van der Waals surface area (Å²) in [6, 6.07) is 6.95. The fourth-order valence-electron chi connectivity index (χ4n) is 4.33. The standard InChI is InChI=1S/C18H21N3O4S/c1-26(24,25)14-8-12-6-7-13(9-14)21(12)17(22)10-20-11-19-16-5-3-2-4-15(16)18(20)23/h2-5,11-14H,6-10H2,1H3. The van der Waals surface area contributed by atoms with Gasteiger partial charge in [0.1, 0.15) is 16.4 Å². The number of hydrogen-bond acceptors (Lipinski definition) is 5. The molecule has 138 valence electrons.